The van der Waals surface area contributed by atoms with Gasteiger partial charge in [-0.2, -0.15) is 4.98 Å². The molecular weight excluding hydrogens is 283 g/mol. The Bertz CT molecular complexity index is 680. The molecule has 108 valence electrons. The highest BCUT2D eigenvalue weighted by molar-refractivity contribution is 7.90. The molecule has 0 bridgehead atoms. The van der Waals surface area contributed by atoms with Crippen LogP contribution in [0, 0.1) is 5.82 Å². The van der Waals surface area contributed by atoms with Gasteiger partial charge in [-0.15, -0.1) is 0 Å². The van der Waals surface area contributed by atoms with E-state index in [2.05, 4.69) is 10.1 Å². The SMILES string of the molecule is CCc1noc(CS(=O)(=O)C(C)c2ccc(F)cc2)n1. The average molecular weight is 298 g/mol. The molecule has 5 nitrogen and oxygen atoms in total. The molecule has 1 heterocycles. The Morgan fingerprint density at radius 1 is 1.30 bits per heavy atom. The van der Waals surface area contributed by atoms with Crippen LogP contribution in [0.15, 0.2) is 28.8 Å². The lowest BCUT2D eigenvalue weighted by Crippen LogP contribution is -2.13. The van der Waals surface area contributed by atoms with Gasteiger partial charge in [-0.05, 0) is 24.6 Å². The van der Waals surface area contributed by atoms with Crippen LogP contribution in [0.1, 0.15) is 36.4 Å². The second-order valence-corrected chi connectivity index (χ2v) is 6.78. The summed E-state index contributed by atoms with van der Waals surface area (Å²) in [5, 5.41) is 2.90. The summed E-state index contributed by atoms with van der Waals surface area (Å²) in [7, 11) is -3.49. The fraction of sp³-hybridized carbons (Fsp3) is 0.385. The highest BCUT2D eigenvalue weighted by Gasteiger charge is 2.25. The van der Waals surface area contributed by atoms with Crippen molar-refractivity contribution >= 4 is 9.84 Å². The second kappa shape index (κ2) is 5.70. The minimum atomic E-state index is -3.49. The molecule has 0 amide bonds. The number of benzene rings is 1. The zero-order chi connectivity index (χ0) is 14.8. The van der Waals surface area contributed by atoms with Crippen LogP contribution in [0.3, 0.4) is 0 Å². The van der Waals surface area contributed by atoms with Crippen LogP contribution in [0.2, 0.25) is 0 Å². The Morgan fingerprint density at radius 3 is 2.50 bits per heavy atom. The molecule has 0 spiro atoms. The molecule has 2 rings (SSSR count). The zero-order valence-corrected chi connectivity index (χ0v) is 12.0. The van der Waals surface area contributed by atoms with E-state index in [1.54, 1.807) is 6.92 Å². The van der Waals surface area contributed by atoms with E-state index in [1.807, 2.05) is 6.92 Å². The van der Waals surface area contributed by atoms with Gasteiger partial charge >= 0.3 is 0 Å². The third-order valence-electron chi connectivity index (χ3n) is 3.03. The summed E-state index contributed by atoms with van der Waals surface area (Å²) in [6.07, 6.45) is 0.580. The number of halogens is 1. The summed E-state index contributed by atoms with van der Waals surface area (Å²) in [5.41, 5.74) is 0.529. The van der Waals surface area contributed by atoms with Crippen LogP contribution in [0.5, 0.6) is 0 Å². The van der Waals surface area contributed by atoms with Gasteiger partial charge in [-0.25, -0.2) is 12.8 Å². The van der Waals surface area contributed by atoms with Crippen LogP contribution >= 0.6 is 0 Å². The molecule has 1 aromatic carbocycles. The number of hydrogen-bond donors (Lipinski definition) is 0. The predicted octanol–water partition coefficient (Wildman–Crippen LogP) is 2.45. The molecule has 1 atom stereocenters. The van der Waals surface area contributed by atoms with Gasteiger partial charge in [0.2, 0.25) is 5.89 Å². The Labute approximate surface area is 116 Å². The first-order valence-corrected chi connectivity index (χ1v) is 7.92. The third kappa shape index (κ3) is 3.22. The Morgan fingerprint density at radius 2 is 1.95 bits per heavy atom. The van der Waals surface area contributed by atoms with Gasteiger partial charge in [0.05, 0.1) is 5.25 Å². The fourth-order valence-corrected chi connectivity index (χ4v) is 3.01. The maximum atomic E-state index is 12.9. The van der Waals surface area contributed by atoms with E-state index < -0.39 is 20.9 Å². The first-order valence-electron chi connectivity index (χ1n) is 6.21. The number of nitrogens with zero attached hydrogens (tertiary/aromatic N) is 2. The summed E-state index contributed by atoms with van der Waals surface area (Å²) in [6.45, 7) is 3.41. The smallest absolute Gasteiger partial charge is 0.241 e. The maximum absolute atomic E-state index is 12.9. The van der Waals surface area contributed by atoms with Gasteiger partial charge < -0.3 is 4.52 Å². The molecular formula is C13H15FN2O3S. The van der Waals surface area contributed by atoms with Gasteiger partial charge in [0.1, 0.15) is 11.6 Å². The van der Waals surface area contributed by atoms with Crippen LogP contribution < -0.4 is 0 Å². The Kier molecular flexibility index (Phi) is 4.17. The molecule has 2 aromatic rings. The standard InChI is InChI=1S/C13H15FN2O3S/c1-3-12-15-13(19-16-12)8-20(17,18)9(2)10-4-6-11(14)7-5-10/h4-7,9H,3,8H2,1-2H3. The van der Waals surface area contributed by atoms with E-state index >= 15 is 0 Å². The van der Waals surface area contributed by atoms with Gasteiger partial charge in [0, 0.05) is 6.42 Å². The van der Waals surface area contributed by atoms with E-state index in [0.29, 0.717) is 17.8 Å². The first kappa shape index (κ1) is 14.6. The van der Waals surface area contributed by atoms with Crippen LogP contribution in [0.4, 0.5) is 4.39 Å². The lowest BCUT2D eigenvalue weighted by atomic mass is 10.2. The van der Waals surface area contributed by atoms with Crippen LogP contribution in [-0.4, -0.2) is 18.6 Å². The van der Waals surface area contributed by atoms with Crippen molar-refractivity contribution in [2.24, 2.45) is 0 Å². The molecule has 0 aliphatic rings. The minimum Gasteiger partial charge on any atom is -0.338 e. The normalized spacial score (nSPS) is 13.3. The van der Waals surface area contributed by atoms with Crippen molar-refractivity contribution in [2.45, 2.75) is 31.3 Å². The van der Waals surface area contributed by atoms with Crippen molar-refractivity contribution in [3.8, 4) is 0 Å². The van der Waals surface area contributed by atoms with Crippen molar-refractivity contribution in [3.05, 3.63) is 47.4 Å². The van der Waals surface area contributed by atoms with Crippen molar-refractivity contribution in [1.82, 2.24) is 10.1 Å². The van der Waals surface area contributed by atoms with Crippen molar-refractivity contribution in [1.29, 1.82) is 0 Å². The number of rotatable bonds is 5. The number of sulfone groups is 1. The largest absolute Gasteiger partial charge is 0.338 e. The van der Waals surface area contributed by atoms with E-state index in [1.165, 1.54) is 24.3 Å². The van der Waals surface area contributed by atoms with Crippen molar-refractivity contribution < 1.29 is 17.3 Å². The second-order valence-electron chi connectivity index (χ2n) is 4.46. The molecule has 20 heavy (non-hydrogen) atoms. The molecule has 0 aliphatic heterocycles. The van der Waals surface area contributed by atoms with E-state index in [4.69, 9.17) is 4.52 Å². The highest BCUT2D eigenvalue weighted by Crippen LogP contribution is 2.25. The number of aromatic nitrogens is 2. The monoisotopic (exact) mass is 298 g/mol. The minimum absolute atomic E-state index is 0.0795. The molecule has 1 unspecified atom stereocenters. The lowest BCUT2D eigenvalue weighted by molar-refractivity contribution is 0.383. The molecule has 0 N–H and O–H groups in total. The summed E-state index contributed by atoms with van der Waals surface area (Å²) >= 11 is 0. The van der Waals surface area contributed by atoms with Crippen LogP contribution in [-0.2, 0) is 22.0 Å². The van der Waals surface area contributed by atoms with Gasteiger partial charge in [0.15, 0.2) is 15.7 Å². The molecule has 0 aliphatic carbocycles. The van der Waals surface area contributed by atoms with Gasteiger partial charge in [0.25, 0.3) is 0 Å². The van der Waals surface area contributed by atoms with E-state index in [-0.39, 0.29) is 11.6 Å². The van der Waals surface area contributed by atoms with Crippen molar-refractivity contribution in [3.63, 3.8) is 0 Å². The zero-order valence-electron chi connectivity index (χ0n) is 11.2. The van der Waals surface area contributed by atoms with E-state index in [0.717, 1.165) is 0 Å². The molecule has 0 radical (unpaired) electrons. The lowest BCUT2D eigenvalue weighted by Gasteiger charge is -2.11. The Hall–Kier alpha value is -1.76. The third-order valence-corrected chi connectivity index (χ3v) is 5.03. The molecule has 0 saturated carbocycles. The summed E-state index contributed by atoms with van der Waals surface area (Å²) in [6, 6.07) is 5.40. The maximum Gasteiger partial charge on any atom is 0.241 e. The van der Waals surface area contributed by atoms with Crippen molar-refractivity contribution in [2.75, 3.05) is 0 Å². The molecule has 0 saturated heterocycles. The van der Waals surface area contributed by atoms with Gasteiger partial charge in [-0.3, -0.25) is 0 Å². The number of aryl methyl sites for hydroxylation is 1. The summed E-state index contributed by atoms with van der Waals surface area (Å²) in [4.78, 5) is 3.99. The average Bonchev–Trinajstić information content (AvgIpc) is 2.85. The molecule has 0 fully saturated rings. The quantitative estimate of drug-likeness (QED) is 0.847. The molecule has 7 heteroatoms. The topological polar surface area (TPSA) is 73.1 Å². The predicted molar refractivity (Wildman–Crippen MR) is 71.1 cm³/mol. The number of hydrogen-bond acceptors (Lipinski definition) is 5. The summed E-state index contributed by atoms with van der Waals surface area (Å²) in [5.74, 6) is -0.165. The van der Waals surface area contributed by atoms with E-state index in [9.17, 15) is 12.8 Å². The van der Waals surface area contributed by atoms with Crippen LogP contribution in [0.25, 0.3) is 0 Å². The Balaban J connectivity index is 2.19. The van der Waals surface area contributed by atoms with Gasteiger partial charge in [-0.1, -0.05) is 24.2 Å². The highest BCUT2D eigenvalue weighted by atomic mass is 32.2. The first-order chi connectivity index (χ1) is 9.42. The fourth-order valence-electron chi connectivity index (χ4n) is 1.73. The molecule has 1 aromatic heterocycles. The summed E-state index contributed by atoms with van der Waals surface area (Å²) < 4.78 is 42.3.